The monoisotopic (exact) mass is 306 g/mol. The van der Waals surface area contributed by atoms with Crippen LogP contribution in [0.1, 0.15) is 34.1 Å². The van der Waals surface area contributed by atoms with Gasteiger partial charge in [0.2, 0.25) is 0 Å². The summed E-state index contributed by atoms with van der Waals surface area (Å²) in [5.41, 5.74) is 0.222. The van der Waals surface area contributed by atoms with Gasteiger partial charge >= 0.3 is 0 Å². The van der Waals surface area contributed by atoms with Gasteiger partial charge in [0.15, 0.2) is 0 Å². The minimum absolute atomic E-state index is 0.142. The van der Waals surface area contributed by atoms with Gasteiger partial charge in [0.1, 0.15) is 11.5 Å². The molecule has 0 radical (unpaired) electrons. The fourth-order valence-electron chi connectivity index (χ4n) is 1.87. The van der Waals surface area contributed by atoms with E-state index in [0.29, 0.717) is 12.5 Å². The molecule has 1 aromatic heterocycles. The standard InChI is InChI=1S/C15H18N2O3S/c1-9(2)3-14-16-7-13(21-14)8-17-15(20)10-4-11(18)6-12(19)5-10/h4-7,9,18-19H,3,8H2,1-2H3,(H,17,20). The molecule has 5 nitrogen and oxygen atoms in total. The van der Waals surface area contributed by atoms with Crippen molar-refractivity contribution in [2.45, 2.75) is 26.8 Å². The van der Waals surface area contributed by atoms with Crippen molar-refractivity contribution >= 4 is 17.2 Å². The maximum atomic E-state index is 12.0. The second-order valence-electron chi connectivity index (χ2n) is 5.24. The minimum atomic E-state index is -0.347. The van der Waals surface area contributed by atoms with Crippen LogP contribution in [-0.2, 0) is 13.0 Å². The summed E-state index contributed by atoms with van der Waals surface area (Å²) >= 11 is 1.58. The van der Waals surface area contributed by atoms with E-state index in [1.54, 1.807) is 17.5 Å². The molecule has 21 heavy (non-hydrogen) atoms. The maximum absolute atomic E-state index is 12.0. The third-order valence-corrected chi connectivity index (χ3v) is 3.79. The highest BCUT2D eigenvalue weighted by atomic mass is 32.1. The molecule has 0 aliphatic carbocycles. The first kappa shape index (κ1) is 15.3. The van der Waals surface area contributed by atoms with Crippen LogP contribution < -0.4 is 5.32 Å². The zero-order valence-electron chi connectivity index (χ0n) is 12.0. The Balaban J connectivity index is 1.96. The molecular weight excluding hydrogens is 288 g/mol. The topological polar surface area (TPSA) is 82.5 Å². The van der Waals surface area contributed by atoms with Gasteiger partial charge in [0.25, 0.3) is 5.91 Å². The van der Waals surface area contributed by atoms with E-state index in [1.165, 1.54) is 18.2 Å². The maximum Gasteiger partial charge on any atom is 0.251 e. The van der Waals surface area contributed by atoms with Crippen molar-refractivity contribution in [2.24, 2.45) is 5.92 Å². The van der Waals surface area contributed by atoms with Crippen LogP contribution in [0.3, 0.4) is 0 Å². The molecule has 0 saturated heterocycles. The highest BCUT2D eigenvalue weighted by molar-refractivity contribution is 7.11. The number of rotatable bonds is 5. The first-order valence-corrected chi connectivity index (χ1v) is 7.50. The number of amides is 1. The zero-order valence-corrected chi connectivity index (χ0v) is 12.8. The van der Waals surface area contributed by atoms with Crippen molar-refractivity contribution in [3.63, 3.8) is 0 Å². The Hall–Kier alpha value is -2.08. The van der Waals surface area contributed by atoms with Gasteiger partial charge in [0, 0.05) is 29.1 Å². The smallest absolute Gasteiger partial charge is 0.251 e. The summed E-state index contributed by atoms with van der Waals surface area (Å²) in [5.74, 6) is -0.0804. The number of hydrogen-bond acceptors (Lipinski definition) is 5. The van der Waals surface area contributed by atoms with Crippen molar-refractivity contribution in [3.8, 4) is 11.5 Å². The molecule has 0 aliphatic rings. The van der Waals surface area contributed by atoms with Crippen LogP contribution in [0.4, 0.5) is 0 Å². The number of aromatic nitrogens is 1. The average molecular weight is 306 g/mol. The quantitative estimate of drug-likeness (QED) is 0.793. The lowest BCUT2D eigenvalue weighted by Crippen LogP contribution is -2.22. The number of carbonyl (C=O) groups is 1. The predicted octanol–water partition coefficient (Wildman–Crippen LogP) is 2.68. The molecule has 6 heteroatoms. The Labute approximate surface area is 127 Å². The molecule has 0 bridgehead atoms. The van der Waals surface area contributed by atoms with Crippen molar-refractivity contribution in [3.05, 3.63) is 39.8 Å². The van der Waals surface area contributed by atoms with Gasteiger partial charge in [-0.3, -0.25) is 4.79 Å². The Morgan fingerprint density at radius 1 is 1.29 bits per heavy atom. The molecule has 1 amide bonds. The van der Waals surface area contributed by atoms with Crippen molar-refractivity contribution in [1.29, 1.82) is 0 Å². The van der Waals surface area contributed by atoms with Crippen LogP contribution in [0.2, 0.25) is 0 Å². The van der Waals surface area contributed by atoms with E-state index in [-0.39, 0.29) is 23.0 Å². The van der Waals surface area contributed by atoms with Gasteiger partial charge in [-0.05, 0) is 18.1 Å². The minimum Gasteiger partial charge on any atom is -0.508 e. The van der Waals surface area contributed by atoms with Gasteiger partial charge < -0.3 is 15.5 Å². The van der Waals surface area contributed by atoms with E-state index in [4.69, 9.17) is 0 Å². The number of nitrogens with one attached hydrogen (secondary N) is 1. The summed E-state index contributed by atoms with van der Waals surface area (Å²) < 4.78 is 0. The number of aromatic hydroxyl groups is 2. The number of hydrogen-bond donors (Lipinski definition) is 3. The Morgan fingerprint density at radius 3 is 2.57 bits per heavy atom. The lowest BCUT2D eigenvalue weighted by molar-refractivity contribution is 0.0950. The fourth-order valence-corrected chi connectivity index (χ4v) is 2.94. The predicted molar refractivity (Wildman–Crippen MR) is 81.6 cm³/mol. The summed E-state index contributed by atoms with van der Waals surface area (Å²) in [4.78, 5) is 17.3. The van der Waals surface area contributed by atoms with Gasteiger partial charge in [-0.2, -0.15) is 0 Å². The zero-order chi connectivity index (χ0) is 15.4. The third-order valence-electron chi connectivity index (χ3n) is 2.77. The second-order valence-corrected chi connectivity index (χ2v) is 6.44. The summed E-state index contributed by atoms with van der Waals surface area (Å²) in [6.07, 6.45) is 2.70. The van der Waals surface area contributed by atoms with Gasteiger partial charge in [-0.1, -0.05) is 13.8 Å². The summed E-state index contributed by atoms with van der Waals surface area (Å²) in [7, 11) is 0. The summed E-state index contributed by atoms with van der Waals surface area (Å²) in [6.45, 7) is 4.65. The van der Waals surface area contributed by atoms with Crippen molar-refractivity contribution < 1.29 is 15.0 Å². The van der Waals surface area contributed by atoms with E-state index in [0.717, 1.165) is 16.3 Å². The normalized spacial score (nSPS) is 10.8. The molecule has 1 heterocycles. The lowest BCUT2D eigenvalue weighted by atomic mass is 10.1. The summed E-state index contributed by atoms with van der Waals surface area (Å²) in [6, 6.07) is 3.80. The number of phenolic OH excluding ortho intramolecular Hbond substituents is 2. The van der Waals surface area contributed by atoms with Crippen molar-refractivity contribution in [2.75, 3.05) is 0 Å². The van der Waals surface area contributed by atoms with E-state index in [2.05, 4.69) is 24.1 Å². The lowest BCUT2D eigenvalue weighted by Gasteiger charge is -2.05. The molecule has 0 spiro atoms. The van der Waals surface area contributed by atoms with Crippen molar-refractivity contribution in [1.82, 2.24) is 10.3 Å². The molecule has 0 atom stereocenters. The van der Waals surface area contributed by atoms with E-state index < -0.39 is 0 Å². The highest BCUT2D eigenvalue weighted by Crippen LogP contribution is 2.21. The fraction of sp³-hybridized carbons (Fsp3) is 0.333. The van der Waals surface area contributed by atoms with E-state index in [1.807, 2.05) is 0 Å². The van der Waals surface area contributed by atoms with E-state index in [9.17, 15) is 15.0 Å². The molecular formula is C15H18N2O3S. The average Bonchev–Trinajstić information content (AvgIpc) is 2.81. The van der Waals surface area contributed by atoms with Crippen LogP contribution in [-0.4, -0.2) is 21.1 Å². The number of thiazole rings is 1. The number of carbonyl (C=O) groups excluding carboxylic acids is 1. The molecule has 112 valence electrons. The largest absolute Gasteiger partial charge is 0.508 e. The number of nitrogens with zero attached hydrogens (tertiary/aromatic N) is 1. The molecule has 0 fully saturated rings. The SMILES string of the molecule is CC(C)Cc1ncc(CNC(=O)c2cc(O)cc(O)c2)s1. The van der Waals surface area contributed by atoms with E-state index >= 15 is 0 Å². The third kappa shape index (κ3) is 4.46. The Kier molecular flexibility index (Phi) is 4.80. The van der Waals surface area contributed by atoms with Crippen LogP contribution >= 0.6 is 11.3 Å². The summed E-state index contributed by atoms with van der Waals surface area (Å²) in [5, 5.41) is 22.5. The number of benzene rings is 1. The van der Waals surface area contributed by atoms with Crippen LogP contribution in [0.25, 0.3) is 0 Å². The Morgan fingerprint density at radius 2 is 1.95 bits per heavy atom. The van der Waals surface area contributed by atoms with Crippen LogP contribution in [0.5, 0.6) is 11.5 Å². The van der Waals surface area contributed by atoms with Crippen LogP contribution in [0, 0.1) is 5.92 Å². The molecule has 2 aromatic rings. The molecule has 2 rings (SSSR count). The molecule has 0 saturated carbocycles. The van der Waals surface area contributed by atoms with Gasteiger partial charge in [-0.25, -0.2) is 4.98 Å². The van der Waals surface area contributed by atoms with Gasteiger partial charge in [-0.15, -0.1) is 11.3 Å². The molecule has 1 aromatic carbocycles. The number of phenols is 2. The van der Waals surface area contributed by atoms with Gasteiger partial charge in [0.05, 0.1) is 11.6 Å². The second kappa shape index (κ2) is 6.58. The first-order chi connectivity index (χ1) is 9.94. The highest BCUT2D eigenvalue weighted by Gasteiger charge is 2.10. The molecule has 3 N–H and O–H groups in total. The Bertz CT molecular complexity index is 617. The van der Waals surface area contributed by atoms with Crippen LogP contribution in [0.15, 0.2) is 24.4 Å². The molecule has 0 aliphatic heterocycles. The first-order valence-electron chi connectivity index (χ1n) is 6.69. The molecule has 0 unspecified atom stereocenters.